The molecule has 2 rings (SSSR count). The van der Waals surface area contributed by atoms with E-state index >= 15 is 0 Å². The zero-order valence-corrected chi connectivity index (χ0v) is 10.3. The number of allylic oxidation sites excluding steroid dienone is 1. The molecule has 1 aliphatic heterocycles. The van der Waals surface area contributed by atoms with Gasteiger partial charge in [0.15, 0.2) is 0 Å². The van der Waals surface area contributed by atoms with Gasteiger partial charge in [-0.3, -0.25) is 4.90 Å². The Hall–Kier alpha value is -0.0100. The van der Waals surface area contributed by atoms with Crippen molar-refractivity contribution in [3.05, 3.63) is 12.2 Å². The first-order valence-electron chi connectivity index (χ1n) is 6.37. The fourth-order valence-corrected chi connectivity index (χ4v) is 3.35. The maximum Gasteiger partial charge on any atom is 0.0404 e. The van der Waals surface area contributed by atoms with Crippen LogP contribution in [-0.2, 0) is 0 Å². The molecule has 0 amide bonds. The molecule has 2 heteroatoms. The van der Waals surface area contributed by atoms with Crippen molar-refractivity contribution in [2.75, 3.05) is 19.0 Å². The van der Waals surface area contributed by atoms with Crippen molar-refractivity contribution < 1.29 is 0 Å². The van der Waals surface area contributed by atoms with Crippen molar-refractivity contribution >= 4 is 11.6 Å². The Labute approximate surface area is 98.5 Å². The molecule has 15 heavy (non-hydrogen) atoms. The largest absolute Gasteiger partial charge is 0.296 e. The zero-order chi connectivity index (χ0) is 10.5. The van der Waals surface area contributed by atoms with Crippen LogP contribution in [0.15, 0.2) is 12.2 Å². The predicted octanol–water partition coefficient (Wildman–Crippen LogP) is 3.44. The molecule has 0 spiro atoms. The molecule has 1 heterocycles. The minimum Gasteiger partial charge on any atom is -0.296 e. The Morgan fingerprint density at radius 1 is 1.07 bits per heavy atom. The van der Waals surface area contributed by atoms with E-state index in [-0.39, 0.29) is 0 Å². The third-order valence-electron chi connectivity index (χ3n) is 3.95. The molecular formula is C13H22ClN. The first kappa shape index (κ1) is 11.5. The number of hydrogen-bond donors (Lipinski definition) is 0. The van der Waals surface area contributed by atoms with Crippen LogP contribution < -0.4 is 0 Å². The topological polar surface area (TPSA) is 3.24 Å². The molecule has 0 N–H and O–H groups in total. The summed E-state index contributed by atoms with van der Waals surface area (Å²) in [5, 5.41) is 0. The van der Waals surface area contributed by atoms with Gasteiger partial charge in [0.05, 0.1) is 0 Å². The van der Waals surface area contributed by atoms with Gasteiger partial charge in [0.25, 0.3) is 0 Å². The first-order chi connectivity index (χ1) is 7.42. The highest BCUT2D eigenvalue weighted by Crippen LogP contribution is 2.35. The third-order valence-corrected chi connectivity index (χ3v) is 4.13. The number of hydrogen-bond acceptors (Lipinski definition) is 1. The van der Waals surface area contributed by atoms with Crippen molar-refractivity contribution in [1.82, 2.24) is 4.90 Å². The van der Waals surface area contributed by atoms with Crippen LogP contribution in [0.25, 0.3) is 0 Å². The van der Waals surface area contributed by atoms with E-state index in [9.17, 15) is 0 Å². The van der Waals surface area contributed by atoms with Crippen LogP contribution in [0.3, 0.4) is 0 Å². The minimum absolute atomic E-state index is 0.655. The third kappa shape index (κ3) is 2.98. The summed E-state index contributed by atoms with van der Waals surface area (Å²) in [6.07, 6.45) is 13.0. The molecule has 0 aromatic rings. The standard InChI is InChI=1S/C13H22ClN/c14-9-3-4-10-15-11-5-8-13(15)12-6-1-2-7-12/h3-4,12-13H,1-2,5-11H2. The van der Waals surface area contributed by atoms with Gasteiger partial charge in [-0.15, -0.1) is 11.6 Å². The van der Waals surface area contributed by atoms with Crippen LogP contribution in [0.5, 0.6) is 0 Å². The van der Waals surface area contributed by atoms with Gasteiger partial charge in [0.1, 0.15) is 0 Å². The van der Waals surface area contributed by atoms with E-state index in [4.69, 9.17) is 11.6 Å². The fourth-order valence-electron chi connectivity index (χ4n) is 3.23. The first-order valence-corrected chi connectivity index (χ1v) is 6.90. The molecule has 0 bridgehead atoms. The van der Waals surface area contributed by atoms with Gasteiger partial charge < -0.3 is 0 Å². The van der Waals surface area contributed by atoms with Crippen molar-refractivity contribution in [3.8, 4) is 0 Å². The Kier molecular flexibility index (Phi) is 4.52. The van der Waals surface area contributed by atoms with E-state index in [1.807, 2.05) is 0 Å². The van der Waals surface area contributed by atoms with E-state index < -0.39 is 0 Å². The van der Waals surface area contributed by atoms with E-state index in [0.717, 1.165) is 18.5 Å². The Balaban J connectivity index is 1.84. The van der Waals surface area contributed by atoms with Gasteiger partial charge in [-0.1, -0.05) is 25.0 Å². The molecule has 1 saturated heterocycles. The van der Waals surface area contributed by atoms with E-state index in [2.05, 4.69) is 17.1 Å². The Morgan fingerprint density at radius 3 is 2.60 bits per heavy atom. The molecule has 0 radical (unpaired) electrons. The van der Waals surface area contributed by atoms with E-state index in [1.54, 1.807) is 0 Å². The van der Waals surface area contributed by atoms with Crippen LogP contribution >= 0.6 is 11.6 Å². The van der Waals surface area contributed by atoms with Gasteiger partial charge in [0, 0.05) is 18.5 Å². The summed E-state index contributed by atoms with van der Waals surface area (Å²) in [5.74, 6) is 1.65. The zero-order valence-electron chi connectivity index (χ0n) is 9.50. The molecule has 2 aliphatic rings. The monoisotopic (exact) mass is 227 g/mol. The summed E-state index contributed by atoms with van der Waals surface area (Å²) in [4.78, 5) is 2.67. The molecule has 86 valence electrons. The van der Waals surface area contributed by atoms with Gasteiger partial charge in [-0.05, 0) is 38.1 Å². The van der Waals surface area contributed by atoms with Crippen LogP contribution in [0.2, 0.25) is 0 Å². The van der Waals surface area contributed by atoms with Crippen LogP contribution in [0.1, 0.15) is 38.5 Å². The Bertz CT molecular complexity index is 209. The highest BCUT2D eigenvalue weighted by Gasteiger charge is 2.32. The maximum atomic E-state index is 5.65. The normalized spacial score (nSPS) is 29.5. The van der Waals surface area contributed by atoms with Crippen LogP contribution in [0, 0.1) is 5.92 Å². The lowest BCUT2D eigenvalue weighted by molar-refractivity contribution is 0.209. The molecule has 1 unspecified atom stereocenters. The van der Waals surface area contributed by atoms with Crippen molar-refractivity contribution in [2.45, 2.75) is 44.6 Å². The molecular weight excluding hydrogens is 206 g/mol. The lowest BCUT2D eigenvalue weighted by atomic mass is 9.96. The smallest absolute Gasteiger partial charge is 0.0404 e. The summed E-state index contributed by atoms with van der Waals surface area (Å²) in [5.41, 5.74) is 0. The predicted molar refractivity (Wildman–Crippen MR) is 66.4 cm³/mol. The average molecular weight is 228 g/mol. The lowest BCUT2D eigenvalue weighted by Gasteiger charge is -2.28. The molecule has 1 atom stereocenters. The summed E-state index contributed by atoms with van der Waals surface area (Å²) in [6, 6.07) is 0.882. The molecule has 0 aromatic heterocycles. The lowest BCUT2D eigenvalue weighted by Crippen LogP contribution is -2.34. The van der Waals surface area contributed by atoms with Crippen LogP contribution in [0.4, 0.5) is 0 Å². The number of rotatable bonds is 4. The second-order valence-corrected chi connectivity index (χ2v) is 5.18. The quantitative estimate of drug-likeness (QED) is 0.526. The van der Waals surface area contributed by atoms with Crippen molar-refractivity contribution in [3.63, 3.8) is 0 Å². The molecule has 1 aliphatic carbocycles. The van der Waals surface area contributed by atoms with Gasteiger partial charge in [-0.2, -0.15) is 0 Å². The molecule has 1 nitrogen and oxygen atoms in total. The SMILES string of the molecule is ClCC=CCN1CCCC1C1CCCC1. The number of likely N-dealkylation sites (tertiary alicyclic amines) is 1. The molecule has 1 saturated carbocycles. The fraction of sp³-hybridized carbons (Fsp3) is 0.846. The van der Waals surface area contributed by atoms with E-state index in [0.29, 0.717) is 5.88 Å². The van der Waals surface area contributed by atoms with Gasteiger partial charge >= 0.3 is 0 Å². The second-order valence-electron chi connectivity index (χ2n) is 4.87. The van der Waals surface area contributed by atoms with Crippen molar-refractivity contribution in [1.29, 1.82) is 0 Å². The summed E-state index contributed by atoms with van der Waals surface area (Å²) < 4.78 is 0. The van der Waals surface area contributed by atoms with Crippen LogP contribution in [-0.4, -0.2) is 29.9 Å². The second kappa shape index (κ2) is 5.91. The summed E-state index contributed by atoms with van der Waals surface area (Å²) >= 11 is 5.65. The summed E-state index contributed by atoms with van der Waals surface area (Å²) in [7, 11) is 0. The van der Waals surface area contributed by atoms with Crippen molar-refractivity contribution in [2.24, 2.45) is 5.92 Å². The molecule has 0 aromatic carbocycles. The highest BCUT2D eigenvalue weighted by atomic mass is 35.5. The highest BCUT2D eigenvalue weighted by molar-refractivity contribution is 6.18. The summed E-state index contributed by atoms with van der Waals surface area (Å²) in [6.45, 7) is 2.42. The number of halogens is 1. The van der Waals surface area contributed by atoms with E-state index in [1.165, 1.54) is 45.1 Å². The number of nitrogens with zero attached hydrogens (tertiary/aromatic N) is 1. The molecule has 2 fully saturated rings. The number of alkyl halides is 1. The maximum absolute atomic E-state index is 5.65. The minimum atomic E-state index is 0.655. The van der Waals surface area contributed by atoms with Gasteiger partial charge in [0.2, 0.25) is 0 Å². The van der Waals surface area contributed by atoms with Gasteiger partial charge in [-0.25, -0.2) is 0 Å². The Morgan fingerprint density at radius 2 is 1.87 bits per heavy atom. The average Bonchev–Trinajstić information content (AvgIpc) is 2.87.